The number of benzene rings is 1. The molecule has 0 radical (unpaired) electrons. The molecule has 0 aliphatic heterocycles. The van der Waals surface area contributed by atoms with E-state index >= 15 is 0 Å². The Balaban J connectivity index is 2.60. The third kappa shape index (κ3) is 1.66. The zero-order chi connectivity index (χ0) is 11.5. The molecule has 1 aromatic heterocycles. The normalized spacial score (nSPS) is 9.69. The fraction of sp³-hybridized carbons (Fsp3) is 0. The molecule has 0 amide bonds. The summed E-state index contributed by atoms with van der Waals surface area (Å²) in [6.07, 6.45) is 0. The minimum Gasteiger partial charge on any atom is -0.477 e. The topological polar surface area (TPSA) is 74.0 Å². The lowest BCUT2D eigenvalue weighted by atomic mass is 10.1. The van der Waals surface area contributed by atoms with Gasteiger partial charge in [-0.15, -0.1) is 0 Å². The van der Waals surface area contributed by atoms with Crippen LogP contribution >= 0.6 is 11.5 Å². The van der Waals surface area contributed by atoms with E-state index in [0.717, 1.165) is 17.1 Å². The summed E-state index contributed by atoms with van der Waals surface area (Å²) in [6, 6.07) is 11.0. The van der Waals surface area contributed by atoms with Crippen molar-refractivity contribution in [2.75, 3.05) is 0 Å². The highest BCUT2D eigenvalue weighted by atomic mass is 32.1. The summed E-state index contributed by atoms with van der Waals surface area (Å²) in [6.45, 7) is 0. The van der Waals surface area contributed by atoms with E-state index in [1.54, 1.807) is 12.1 Å². The molecule has 78 valence electrons. The first kappa shape index (κ1) is 10.3. The predicted octanol–water partition coefficient (Wildman–Crippen LogP) is 2.38. The molecular weight excluding hydrogens is 224 g/mol. The highest BCUT2D eigenvalue weighted by Gasteiger charge is 2.19. The van der Waals surface area contributed by atoms with E-state index in [1.165, 1.54) is 0 Å². The maximum absolute atomic E-state index is 10.8. The number of nitriles is 1. The highest BCUT2D eigenvalue weighted by Crippen LogP contribution is 2.27. The zero-order valence-electron chi connectivity index (χ0n) is 8.04. The van der Waals surface area contributed by atoms with E-state index in [9.17, 15) is 4.79 Å². The molecule has 0 atom stereocenters. The zero-order valence-corrected chi connectivity index (χ0v) is 8.86. The summed E-state index contributed by atoms with van der Waals surface area (Å²) in [5.74, 6) is -1.11. The van der Waals surface area contributed by atoms with Crippen LogP contribution < -0.4 is 0 Å². The first-order valence-electron chi connectivity index (χ1n) is 4.42. The van der Waals surface area contributed by atoms with Crippen molar-refractivity contribution in [3.8, 4) is 17.3 Å². The summed E-state index contributed by atoms with van der Waals surface area (Å²) in [7, 11) is 0. The van der Waals surface area contributed by atoms with Gasteiger partial charge in [0.2, 0.25) is 0 Å². The molecule has 1 N–H and O–H groups in total. The molecule has 2 aromatic rings. The van der Waals surface area contributed by atoms with Gasteiger partial charge in [-0.2, -0.15) is 9.64 Å². The Morgan fingerprint density at radius 3 is 2.62 bits per heavy atom. The smallest absolute Gasteiger partial charge is 0.348 e. The minimum atomic E-state index is -1.11. The van der Waals surface area contributed by atoms with E-state index < -0.39 is 5.97 Å². The fourth-order valence-electron chi connectivity index (χ4n) is 1.33. The Hall–Kier alpha value is -2.19. The second-order valence-corrected chi connectivity index (χ2v) is 3.79. The second-order valence-electron chi connectivity index (χ2n) is 3.02. The number of rotatable bonds is 2. The Bertz CT molecular complexity index is 569. The standard InChI is InChI=1S/C11H6N2O2S/c12-6-8-9(7-4-2-1-3-5-7)13-16-10(8)11(14)15/h1-5H,(H,14,15). The van der Waals surface area contributed by atoms with Crippen molar-refractivity contribution in [2.24, 2.45) is 0 Å². The molecule has 4 nitrogen and oxygen atoms in total. The van der Waals surface area contributed by atoms with Crippen LogP contribution in [-0.2, 0) is 0 Å². The largest absolute Gasteiger partial charge is 0.477 e. The molecule has 0 spiro atoms. The van der Waals surface area contributed by atoms with Crippen LogP contribution in [0.25, 0.3) is 11.3 Å². The van der Waals surface area contributed by atoms with Gasteiger partial charge in [0.15, 0.2) is 4.88 Å². The molecular formula is C11H6N2O2S. The van der Waals surface area contributed by atoms with Gasteiger partial charge in [-0.3, -0.25) is 0 Å². The van der Waals surface area contributed by atoms with Crippen LogP contribution in [-0.4, -0.2) is 15.4 Å². The Morgan fingerprint density at radius 2 is 2.06 bits per heavy atom. The lowest BCUT2D eigenvalue weighted by molar-refractivity contribution is 0.0702. The maximum atomic E-state index is 10.8. The second kappa shape index (κ2) is 4.13. The molecule has 0 aliphatic rings. The van der Waals surface area contributed by atoms with Crippen molar-refractivity contribution in [2.45, 2.75) is 0 Å². The quantitative estimate of drug-likeness (QED) is 0.859. The third-order valence-electron chi connectivity index (χ3n) is 2.05. The van der Waals surface area contributed by atoms with E-state index in [1.807, 2.05) is 24.3 Å². The minimum absolute atomic E-state index is 0.0126. The summed E-state index contributed by atoms with van der Waals surface area (Å²) in [5.41, 5.74) is 1.32. The van der Waals surface area contributed by atoms with Crippen molar-refractivity contribution < 1.29 is 9.90 Å². The number of carboxylic acids is 1. The molecule has 16 heavy (non-hydrogen) atoms. The van der Waals surface area contributed by atoms with Crippen LogP contribution in [0.3, 0.4) is 0 Å². The van der Waals surface area contributed by atoms with Gasteiger partial charge in [-0.05, 0) is 11.5 Å². The van der Waals surface area contributed by atoms with Crippen molar-refractivity contribution >= 4 is 17.5 Å². The molecule has 5 heteroatoms. The van der Waals surface area contributed by atoms with Crippen molar-refractivity contribution in [1.29, 1.82) is 5.26 Å². The summed E-state index contributed by atoms with van der Waals surface area (Å²) in [4.78, 5) is 10.8. The number of aromatic carboxylic acids is 1. The number of carboxylic acid groups (broad SMARTS) is 1. The molecule has 2 rings (SSSR count). The average Bonchev–Trinajstić information content (AvgIpc) is 2.73. The summed E-state index contributed by atoms with van der Waals surface area (Å²) in [5, 5.41) is 17.8. The van der Waals surface area contributed by atoms with E-state index in [-0.39, 0.29) is 10.4 Å². The van der Waals surface area contributed by atoms with Crippen LogP contribution in [0.2, 0.25) is 0 Å². The van der Waals surface area contributed by atoms with E-state index in [4.69, 9.17) is 10.4 Å². The number of aromatic nitrogens is 1. The molecule has 1 heterocycles. The molecule has 1 aromatic carbocycles. The van der Waals surface area contributed by atoms with Gasteiger partial charge in [-0.1, -0.05) is 30.3 Å². The first-order valence-corrected chi connectivity index (χ1v) is 5.20. The van der Waals surface area contributed by atoms with Crippen LogP contribution in [0.1, 0.15) is 15.2 Å². The number of carbonyl (C=O) groups is 1. The van der Waals surface area contributed by atoms with Crippen molar-refractivity contribution in [3.63, 3.8) is 0 Å². The lowest BCUT2D eigenvalue weighted by Gasteiger charge is -1.95. The fourth-order valence-corrected chi connectivity index (χ4v) is 2.02. The third-order valence-corrected chi connectivity index (χ3v) is 2.88. The molecule has 0 unspecified atom stereocenters. The van der Waals surface area contributed by atoms with Gasteiger partial charge in [0.25, 0.3) is 0 Å². The molecule has 0 bridgehead atoms. The number of hydrogen-bond acceptors (Lipinski definition) is 4. The van der Waals surface area contributed by atoms with Gasteiger partial charge >= 0.3 is 5.97 Å². The Labute approximate surface area is 95.6 Å². The summed E-state index contributed by atoms with van der Waals surface area (Å²) >= 11 is 0.832. The van der Waals surface area contributed by atoms with Crippen LogP contribution in [0.4, 0.5) is 0 Å². The molecule has 0 aliphatic carbocycles. The highest BCUT2D eigenvalue weighted by molar-refractivity contribution is 7.08. The monoisotopic (exact) mass is 230 g/mol. The molecule has 0 saturated carbocycles. The van der Waals surface area contributed by atoms with Gasteiger partial charge in [-0.25, -0.2) is 4.79 Å². The number of nitrogens with zero attached hydrogens (tertiary/aromatic N) is 2. The van der Waals surface area contributed by atoms with Crippen molar-refractivity contribution in [1.82, 2.24) is 4.37 Å². The van der Waals surface area contributed by atoms with Crippen LogP contribution in [0.15, 0.2) is 30.3 Å². The van der Waals surface area contributed by atoms with E-state index in [0.29, 0.717) is 5.69 Å². The van der Waals surface area contributed by atoms with Crippen LogP contribution in [0.5, 0.6) is 0 Å². The van der Waals surface area contributed by atoms with Gasteiger partial charge in [0.05, 0.1) is 0 Å². The first-order chi connectivity index (χ1) is 7.74. The average molecular weight is 230 g/mol. The van der Waals surface area contributed by atoms with E-state index in [2.05, 4.69) is 4.37 Å². The molecule has 0 fully saturated rings. The lowest BCUT2D eigenvalue weighted by Crippen LogP contribution is -1.95. The predicted molar refractivity (Wildman–Crippen MR) is 59.2 cm³/mol. The van der Waals surface area contributed by atoms with Crippen molar-refractivity contribution in [3.05, 3.63) is 40.8 Å². The van der Waals surface area contributed by atoms with Gasteiger partial charge in [0, 0.05) is 5.56 Å². The van der Waals surface area contributed by atoms with Gasteiger partial charge < -0.3 is 5.11 Å². The molecule has 0 saturated heterocycles. The Kier molecular flexibility index (Phi) is 2.66. The Morgan fingerprint density at radius 1 is 1.38 bits per heavy atom. The van der Waals surface area contributed by atoms with Gasteiger partial charge in [0.1, 0.15) is 17.3 Å². The number of hydrogen-bond donors (Lipinski definition) is 1. The summed E-state index contributed by atoms with van der Waals surface area (Å²) < 4.78 is 4.02. The maximum Gasteiger partial charge on any atom is 0.348 e. The van der Waals surface area contributed by atoms with Crippen LogP contribution in [0, 0.1) is 11.3 Å². The SMILES string of the molecule is N#Cc1c(-c2ccccc2)nsc1C(=O)O.